The van der Waals surface area contributed by atoms with Crippen LogP contribution in [0.2, 0.25) is 0 Å². The van der Waals surface area contributed by atoms with Crippen LogP contribution in [-0.4, -0.2) is 72.2 Å². The minimum Gasteiger partial charge on any atom is -0.353 e. The van der Waals surface area contributed by atoms with Crippen molar-refractivity contribution in [2.45, 2.75) is 26.8 Å². The van der Waals surface area contributed by atoms with Crippen LogP contribution < -0.4 is 4.90 Å². The van der Waals surface area contributed by atoms with E-state index in [0.29, 0.717) is 11.6 Å². The average Bonchev–Trinajstić information content (AvgIpc) is 2.67. The van der Waals surface area contributed by atoms with Gasteiger partial charge in [0.15, 0.2) is 5.82 Å². The molecule has 0 unspecified atom stereocenters. The lowest BCUT2D eigenvalue weighted by Crippen LogP contribution is -2.49. The third kappa shape index (κ3) is 4.27. The molecule has 1 amide bonds. The number of hydrogen-bond acceptors (Lipinski definition) is 5. The van der Waals surface area contributed by atoms with E-state index in [4.69, 9.17) is 0 Å². The summed E-state index contributed by atoms with van der Waals surface area (Å²) < 4.78 is 0. The molecule has 0 saturated carbocycles. The predicted octanol–water partition coefficient (Wildman–Crippen LogP) is 2.68. The molecular formula is C21H29N5O. The number of carbonyl (C=O) groups is 1. The molecule has 144 valence electrons. The Labute approximate surface area is 161 Å². The lowest BCUT2D eigenvalue weighted by atomic mass is 10.0. The second-order valence-corrected chi connectivity index (χ2v) is 7.63. The van der Waals surface area contributed by atoms with Crippen LogP contribution in [0.5, 0.6) is 0 Å². The highest BCUT2D eigenvalue weighted by Gasteiger charge is 2.20. The number of hydrogen-bond donors (Lipinski definition) is 0. The molecule has 1 aromatic carbocycles. The maximum atomic E-state index is 12.0. The van der Waals surface area contributed by atoms with E-state index in [1.54, 1.807) is 19.0 Å². The van der Waals surface area contributed by atoms with Gasteiger partial charge in [0, 0.05) is 57.4 Å². The SMILES string of the molecule is Cc1cc(N2CCN(C(C)C)CC2)nnc1-c1ccc(C(=O)N(C)C)cc1. The summed E-state index contributed by atoms with van der Waals surface area (Å²) in [6, 6.07) is 10.3. The summed E-state index contributed by atoms with van der Waals surface area (Å²) in [5.41, 5.74) is 3.61. The second-order valence-electron chi connectivity index (χ2n) is 7.63. The smallest absolute Gasteiger partial charge is 0.253 e. The Balaban J connectivity index is 1.74. The zero-order chi connectivity index (χ0) is 19.6. The third-order valence-corrected chi connectivity index (χ3v) is 5.15. The predicted molar refractivity (Wildman–Crippen MR) is 109 cm³/mol. The van der Waals surface area contributed by atoms with E-state index in [1.165, 1.54) is 0 Å². The van der Waals surface area contributed by atoms with Gasteiger partial charge >= 0.3 is 0 Å². The number of anilines is 1. The molecule has 1 saturated heterocycles. The largest absolute Gasteiger partial charge is 0.353 e. The van der Waals surface area contributed by atoms with Crippen molar-refractivity contribution in [3.63, 3.8) is 0 Å². The van der Waals surface area contributed by atoms with Gasteiger partial charge in [0.05, 0.1) is 5.69 Å². The molecule has 2 heterocycles. The minimum absolute atomic E-state index is 0.000226. The highest BCUT2D eigenvalue weighted by atomic mass is 16.2. The summed E-state index contributed by atoms with van der Waals surface area (Å²) in [6.07, 6.45) is 0. The summed E-state index contributed by atoms with van der Waals surface area (Å²) in [5.74, 6) is 0.944. The zero-order valence-corrected chi connectivity index (χ0v) is 16.9. The summed E-state index contributed by atoms with van der Waals surface area (Å²) in [6.45, 7) is 10.6. The Hall–Kier alpha value is -2.47. The van der Waals surface area contributed by atoms with Crippen molar-refractivity contribution in [1.82, 2.24) is 20.0 Å². The first-order valence-corrected chi connectivity index (χ1v) is 9.52. The van der Waals surface area contributed by atoms with Crippen LogP contribution in [0.1, 0.15) is 29.8 Å². The van der Waals surface area contributed by atoms with E-state index in [-0.39, 0.29) is 5.91 Å². The van der Waals surface area contributed by atoms with Crippen LogP contribution in [-0.2, 0) is 0 Å². The summed E-state index contributed by atoms with van der Waals surface area (Å²) in [5, 5.41) is 8.96. The number of rotatable bonds is 4. The van der Waals surface area contributed by atoms with Crippen molar-refractivity contribution in [3.05, 3.63) is 41.5 Å². The zero-order valence-electron chi connectivity index (χ0n) is 16.9. The highest BCUT2D eigenvalue weighted by molar-refractivity contribution is 5.94. The van der Waals surface area contributed by atoms with Gasteiger partial charge in [0.1, 0.15) is 0 Å². The molecule has 0 atom stereocenters. The van der Waals surface area contributed by atoms with Crippen LogP contribution in [0.4, 0.5) is 5.82 Å². The van der Waals surface area contributed by atoms with Crippen LogP contribution in [0.15, 0.2) is 30.3 Å². The third-order valence-electron chi connectivity index (χ3n) is 5.15. The molecule has 0 spiro atoms. The Morgan fingerprint density at radius 3 is 2.19 bits per heavy atom. The van der Waals surface area contributed by atoms with E-state index in [2.05, 4.69) is 46.8 Å². The second kappa shape index (κ2) is 8.05. The summed E-state index contributed by atoms with van der Waals surface area (Å²) in [7, 11) is 3.51. The van der Waals surface area contributed by atoms with Gasteiger partial charge in [-0.15, -0.1) is 10.2 Å². The van der Waals surface area contributed by atoms with Gasteiger partial charge in [0.25, 0.3) is 5.91 Å². The van der Waals surface area contributed by atoms with Gasteiger partial charge in [-0.3, -0.25) is 9.69 Å². The van der Waals surface area contributed by atoms with Gasteiger partial charge in [-0.2, -0.15) is 0 Å². The first-order chi connectivity index (χ1) is 12.9. The van der Waals surface area contributed by atoms with Gasteiger partial charge < -0.3 is 9.80 Å². The first kappa shape index (κ1) is 19.3. The number of carbonyl (C=O) groups excluding carboxylic acids is 1. The van der Waals surface area contributed by atoms with Gasteiger partial charge in [-0.1, -0.05) is 12.1 Å². The van der Waals surface area contributed by atoms with Crippen molar-refractivity contribution in [2.75, 3.05) is 45.2 Å². The molecular weight excluding hydrogens is 338 g/mol. The van der Waals surface area contributed by atoms with Crippen LogP contribution in [0.25, 0.3) is 11.3 Å². The number of nitrogens with zero attached hydrogens (tertiary/aromatic N) is 5. The van der Waals surface area contributed by atoms with E-state index in [1.807, 2.05) is 24.3 Å². The fraction of sp³-hybridized carbons (Fsp3) is 0.476. The number of aromatic nitrogens is 2. The molecule has 1 fully saturated rings. The maximum absolute atomic E-state index is 12.0. The van der Waals surface area contributed by atoms with Crippen molar-refractivity contribution < 1.29 is 4.79 Å². The highest BCUT2D eigenvalue weighted by Crippen LogP contribution is 2.24. The monoisotopic (exact) mass is 367 g/mol. The van der Waals surface area contributed by atoms with Gasteiger partial charge in [0.2, 0.25) is 0 Å². The van der Waals surface area contributed by atoms with Gasteiger partial charge in [-0.05, 0) is 44.5 Å². The number of amides is 1. The number of benzene rings is 1. The molecule has 1 aromatic heterocycles. The average molecular weight is 367 g/mol. The molecule has 1 aliphatic heterocycles. The Morgan fingerprint density at radius 2 is 1.67 bits per heavy atom. The number of aryl methyl sites for hydroxylation is 1. The van der Waals surface area contributed by atoms with Crippen molar-refractivity contribution in [2.24, 2.45) is 0 Å². The maximum Gasteiger partial charge on any atom is 0.253 e. The molecule has 0 bridgehead atoms. The molecule has 6 heteroatoms. The van der Waals surface area contributed by atoms with E-state index < -0.39 is 0 Å². The van der Waals surface area contributed by atoms with Crippen LogP contribution in [0, 0.1) is 6.92 Å². The van der Waals surface area contributed by atoms with E-state index in [0.717, 1.165) is 48.8 Å². The molecule has 1 aliphatic rings. The Morgan fingerprint density at radius 1 is 1.04 bits per heavy atom. The molecule has 27 heavy (non-hydrogen) atoms. The lowest BCUT2D eigenvalue weighted by molar-refractivity contribution is 0.0827. The first-order valence-electron chi connectivity index (χ1n) is 9.52. The lowest BCUT2D eigenvalue weighted by Gasteiger charge is -2.37. The van der Waals surface area contributed by atoms with E-state index in [9.17, 15) is 4.79 Å². The molecule has 0 radical (unpaired) electrons. The molecule has 0 N–H and O–H groups in total. The molecule has 3 rings (SSSR count). The fourth-order valence-electron chi connectivity index (χ4n) is 3.41. The molecule has 2 aromatic rings. The van der Waals surface area contributed by atoms with Crippen molar-refractivity contribution in [3.8, 4) is 11.3 Å². The Bertz CT molecular complexity index is 793. The topological polar surface area (TPSA) is 52.6 Å². The minimum atomic E-state index is 0.000226. The standard InChI is InChI=1S/C21H29N5O/c1-15(2)25-10-12-26(13-11-25)19-14-16(3)20(23-22-19)17-6-8-18(9-7-17)21(27)24(4)5/h6-9,14-15H,10-13H2,1-5H3. The molecule has 0 aliphatic carbocycles. The van der Waals surface area contributed by atoms with Gasteiger partial charge in [-0.25, -0.2) is 0 Å². The summed E-state index contributed by atoms with van der Waals surface area (Å²) in [4.78, 5) is 18.4. The van der Waals surface area contributed by atoms with Crippen molar-refractivity contribution >= 4 is 11.7 Å². The molecule has 6 nitrogen and oxygen atoms in total. The van der Waals surface area contributed by atoms with E-state index >= 15 is 0 Å². The number of piperazine rings is 1. The van der Waals surface area contributed by atoms with Crippen LogP contribution >= 0.6 is 0 Å². The fourth-order valence-corrected chi connectivity index (χ4v) is 3.41. The quantitative estimate of drug-likeness (QED) is 0.832. The summed E-state index contributed by atoms with van der Waals surface area (Å²) >= 11 is 0. The Kier molecular flexibility index (Phi) is 5.75. The normalized spacial score (nSPS) is 15.3. The van der Waals surface area contributed by atoms with Crippen molar-refractivity contribution in [1.29, 1.82) is 0 Å². The van der Waals surface area contributed by atoms with Crippen LogP contribution in [0.3, 0.4) is 0 Å².